The zero-order chi connectivity index (χ0) is 20.9. The zero-order valence-corrected chi connectivity index (χ0v) is 17.5. The van der Waals surface area contributed by atoms with Crippen molar-refractivity contribution in [2.24, 2.45) is 5.41 Å². The van der Waals surface area contributed by atoms with Crippen molar-refractivity contribution in [3.63, 3.8) is 0 Å². The fourth-order valence-corrected chi connectivity index (χ4v) is 3.60. The zero-order valence-electron chi connectivity index (χ0n) is 17.5. The molecule has 0 spiro atoms. The number of methoxy groups -OCH3 is 1. The number of rotatable bonds is 9. The fourth-order valence-electron chi connectivity index (χ4n) is 3.60. The molecule has 0 aromatic heterocycles. The van der Waals surface area contributed by atoms with Gasteiger partial charge in [-0.25, -0.2) is 0 Å². The molecular formula is C24H30N2O3. The predicted octanol–water partition coefficient (Wildman–Crippen LogP) is 3.57. The average molecular weight is 395 g/mol. The third-order valence-electron chi connectivity index (χ3n) is 5.55. The minimum Gasteiger partial charge on any atom is -0.496 e. The van der Waals surface area contributed by atoms with Gasteiger partial charge in [-0.3, -0.25) is 9.59 Å². The molecule has 0 heterocycles. The van der Waals surface area contributed by atoms with Gasteiger partial charge in [-0.2, -0.15) is 0 Å². The molecule has 0 bridgehead atoms. The lowest BCUT2D eigenvalue weighted by Gasteiger charge is -2.30. The summed E-state index contributed by atoms with van der Waals surface area (Å²) in [5, 5.41) is 2.98. The quantitative estimate of drug-likeness (QED) is 0.662. The van der Waals surface area contributed by atoms with Gasteiger partial charge in [0, 0.05) is 19.1 Å². The maximum absolute atomic E-state index is 13.3. The van der Waals surface area contributed by atoms with Crippen molar-refractivity contribution in [2.45, 2.75) is 45.7 Å². The first-order chi connectivity index (χ1) is 14.0. The summed E-state index contributed by atoms with van der Waals surface area (Å²) in [6.07, 6.45) is 1.90. The van der Waals surface area contributed by atoms with Crippen molar-refractivity contribution in [1.29, 1.82) is 0 Å². The highest BCUT2D eigenvalue weighted by Gasteiger charge is 2.58. The molecule has 2 amide bonds. The van der Waals surface area contributed by atoms with Crippen LogP contribution in [-0.4, -0.2) is 36.4 Å². The van der Waals surface area contributed by atoms with E-state index in [4.69, 9.17) is 4.74 Å². The summed E-state index contributed by atoms with van der Waals surface area (Å²) < 4.78 is 5.36. The average Bonchev–Trinajstić information content (AvgIpc) is 3.54. The Labute approximate surface area is 173 Å². The molecule has 5 nitrogen and oxygen atoms in total. The number of para-hydroxylation sites is 1. The van der Waals surface area contributed by atoms with Crippen LogP contribution in [0.15, 0.2) is 54.6 Å². The lowest BCUT2D eigenvalue weighted by Crippen LogP contribution is -2.47. The second kappa shape index (κ2) is 9.12. The van der Waals surface area contributed by atoms with Gasteiger partial charge in [-0.15, -0.1) is 0 Å². The molecule has 0 unspecified atom stereocenters. The van der Waals surface area contributed by atoms with Crippen LogP contribution in [0.1, 0.15) is 37.8 Å². The smallest absolute Gasteiger partial charge is 0.238 e. The number of nitrogens with zero attached hydrogens (tertiary/aromatic N) is 1. The molecule has 1 N–H and O–H groups in total. The van der Waals surface area contributed by atoms with E-state index in [2.05, 4.69) is 5.32 Å². The highest BCUT2D eigenvalue weighted by atomic mass is 16.5. The highest BCUT2D eigenvalue weighted by Crippen LogP contribution is 2.48. The van der Waals surface area contributed by atoms with Gasteiger partial charge in [-0.05, 0) is 50.3 Å². The molecule has 1 aliphatic rings. The van der Waals surface area contributed by atoms with E-state index in [1.54, 1.807) is 7.11 Å². The van der Waals surface area contributed by atoms with Gasteiger partial charge in [0.25, 0.3) is 0 Å². The van der Waals surface area contributed by atoms with E-state index in [1.807, 2.05) is 73.3 Å². The van der Waals surface area contributed by atoms with Crippen LogP contribution in [0.2, 0.25) is 0 Å². The summed E-state index contributed by atoms with van der Waals surface area (Å²) in [7, 11) is 1.64. The number of carbonyl (C=O) groups is 2. The third-order valence-corrected chi connectivity index (χ3v) is 5.55. The van der Waals surface area contributed by atoms with Crippen LogP contribution in [0, 0.1) is 5.41 Å². The Morgan fingerprint density at radius 3 is 2.34 bits per heavy atom. The van der Waals surface area contributed by atoms with E-state index in [0.29, 0.717) is 32.4 Å². The monoisotopic (exact) mass is 394 g/mol. The van der Waals surface area contributed by atoms with Crippen LogP contribution in [-0.2, 0) is 22.6 Å². The molecule has 1 saturated carbocycles. The van der Waals surface area contributed by atoms with E-state index in [-0.39, 0.29) is 17.9 Å². The molecule has 1 fully saturated rings. The number of ether oxygens (including phenoxy) is 1. The third kappa shape index (κ3) is 4.78. The Morgan fingerprint density at radius 1 is 1.07 bits per heavy atom. The number of hydrogen-bond acceptors (Lipinski definition) is 3. The number of nitrogens with one attached hydrogen (secondary N) is 1. The van der Waals surface area contributed by atoms with E-state index >= 15 is 0 Å². The summed E-state index contributed by atoms with van der Waals surface area (Å²) >= 11 is 0. The van der Waals surface area contributed by atoms with Gasteiger partial charge in [0.15, 0.2) is 0 Å². The van der Waals surface area contributed by atoms with Gasteiger partial charge >= 0.3 is 0 Å². The second-order valence-corrected chi connectivity index (χ2v) is 7.91. The molecule has 1 aliphatic carbocycles. The Balaban J connectivity index is 1.62. The molecule has 0 saturated heterocycles. The van der Waals surface area contributed by atoms with Crippen molar-refractivity contribution in [3.05, 3.63) is 65.7 Å². The molecule has 5 heteroatoms. The number of amides is 2. The standard InChI is InChI=1S/C24H30N2O3/c1-18(2)26(17-19-9-5-4-6-10-19)23(28)24(14-15-24)22(27)25-16-13-20-11-7-8-12-21(20)29-3/h4-12,18H,13-17H2,1-3H3,(H,25,27). The molecule has 2 aromatic carbocycles. The molecule has 2 aromatic rings. The Hall–Kier alpha value is -2.82. The van der Waals surface area contributed by atoms with Crippen LogP contribution < -0.4 is 10.1 Å². The van der Waals surface area contributed by atoms with Crippen molar-refractivity contribution in [1.82, 2.24) is 10.2 Å². The van der Waals surface area contributed by atoms with Gasteiger partial charge in [-0.1, -0.05) is 48.5 Å². The van der Waals surface area contributed by atoms with Crippen LogP contribution in [0.25, 0.3) is 0 Å². The fraction of sp³-hybridized carbons (Fsp3) is 0.417. The summed E-state index contributed by atoms with van der Waals surface area (Å²) in [5.74, 6) is 0.593. The first-order valence-corrected chi connectivity index (χ1v) is 10.2. The Bertz CT molecular complexity index is 844. The van der Waals surface area contributed by atoms with Crippen molar-refractivity contribution in [2.75, 3.05) is 13.7 Å². The Morgan fingerprint density at radius 2 is 1.72 bits per heavy atom. The number of benzene rings is 2. The van der Waals surface area contributed by atoms with Crippen molar-refractivity contribution in [3.8, 4) is 5.75 Å². The summed E-state index contributed by atoms with van der Waals surface area (Å²) in [6, 6.07) is 17.7. The van der Waals surface area contributed by atoms with Gasteiger partial charge in [0.05, 0.1) is 7.11 Å². The summed E-state index contributed by atoms with van der Waals surface area (Å²) in [6.45, 7) is 5.00. The van der Waals surface area contributed by atoms with E-state index < -0.39 is 5.41 Å². The minimum atomic E-state index is -0.903. The van der Waals surface area contributed by atoms with Gasteiger partial charge in [0.1, 0.15) is 11.2 Å². The first-order valence-electron chi connectivity index (χ1n) is 10.2. The first kappa shape index (κ1) is 20.9. The maximum Gasteiger partial charge on any atom is 0.238 e. The molecular weight excluding hydrogens is 364 g/mol. The summed E-state index contributed by atoms with van der Waals surface area (Å²) in [5.41, 5.74) is 1.21. The maximum atomic E-state index is 13.3. The lowest BCUT2D eigenvalue weighted by molar-refractivity contribution is -0.146. The minimum absolute atomic E-state index is 0.0292. The van der Waals surface area contributed by atoms with E-state index in [9.17, 15) is 9.59 Å². The van der Waals surface area contributed by atoms with Crippen LogP contribution in [0.5, 0.6) is 5.75 Å². The highest BCUT2D eigenvalue weighted by molar-refractivity contribution is 6.07. The number of carbonyl (C=O) groups excluding carboxylic acids is 2. The van der Waals surface area contributed by atoms with Crippen LogP contribution in [0.3, 0.4) is 0 Å². The van der Waals surface area contributed by atoms with E-state index in [0.717, 1.165) is 16.9 Å². The van der Waals surface area contributed by atoms with Crippen LogP contribution >= 0.6 is 0 Å². The number of hydrogen-bond donors (Lipinski definition) is 1. The van der Waals surface area contributed by atoms with Crippen molar-refractivity contribution < 1.29 is 14.3 Å². The van der Waals surface area contributed by atoms with Crippen molar-refractivity contribution >= 4 is 11.8 Å². The largest absolute Gasteiger partial charge is 0.496 e. The Kier molecular flexibility index (Phi) is 6.57. The molecule has 154 valence electrons. The molecule has 0 aliphatic heterocycles. The SMILES string of the molecule is COc1ccccc1CCNC(=O)C1(C(=O)N(Cc2ccccc2)C(C)C)CC1. The van der Waals surface area contributed by atoms with Gasteiger partial charge in [0.2, 0.25) is 11.8 Å². The molecule has 0 radical (unpaired) electrons. The predicted molar refractivity (Wildman–Crippen MR) is 114 cm³/mol. The van der Waals surface area contributed by atoms with E-state index in [1.165, 1.54) is 0 Å². The summed E-state index contributed by atoms with van der Waals surface area (Å²) in [4.78, 5) is 28.0. The normalized spacial score (nSPS) is 14.3. The lowest BCUT2D eigenvalue weighted by atomic mass is 10.0. The second-order valence-electron chi connectivity index (χ2n) is 7.91. The molecule has 3 rings (SSSR count). The van der Waals surface area contributed by atoms with Gasteiger partial charge < -0.3 is 15.0 Å². The molecule has 0 atom stereocenters. The van der Waals surface area contributed by atoms with Crippen LogP contribution in [0.4, 0.5) is 0 Å². The molecule has 29 heavy (non-hydrogen) atoms. The topological polar surface area (TPSA) is 58.6 Å².